The van der Waals surface area contributed by atoms with Crippen LogP contribution in [0.3, 0.4) is 0 Å². The molecular weight excluding hydrogens is 540 g/mol. The molecule has 0 heterocycles. The number of anilines is 1. The summed E-state index contributed by atoms with van der Waals surface area (Å²) in [6.45, 7) is 1.79. The molecular formula is C23H18N4O9S2. The maximum absolute atomic E-state index is 12.8. The maximum atomic E-state index is 12.8. The number of hydrogen-bond acceptors (Lipinski definition) is 10. The average molecular weight is 559 g/mol. The standard InChI is InChI=1S/C23H18N4O9S2/c1-13-2-6-16(7-3-13)37(32,33)26-14-4-8-17-18(10-14)23(29)20(12-22(17)38(34,35)36)25-24-19-11-15(27(30)31)5-9-21(19)28/h2-12,26,28-29H,1H3,(H,34,35,36). The second kappa shape index (κ2) is 9.70. The minimum Gasteiger partial charge on any atom is -0.506 e. The van der Waals surface area contributed by atoms with Gasteiger partial charge in [0.05, 0.1) is 9.82 Å². The quantitative estimate of drug-likeness (QED) is 0.105. The van der Waals surface area contributed by atoms with Gasteiger partial charge in [-0.05, 0) is 43.3 Å². The Morgan fingerprint density at radius 3 is 2.13 bits per heavy atom. The molecule has 0 aliphatic carbocycles. The Bertz CT molecular complexity index is 1840. The van der Waals surface area contributed by atoms with Gasteiger partial charge < -0.3 is 10.2 Å². The zero-order chi connectivity index (χ0) is 27.8. The van der Waals surface area contributed by atoms with E-state index in [0.717, 1.165) is 35.9 Å². The molecule has 4 aromatic rings. The van der Waals surface area contributed by atoms with Gasteiger partial charge in [0.15, 0.2) is 5.75 Å². The summed E-state index contributed by atoms with van der Waals surface area (Å²) in [6, 6.07) is 13.3. The predicted molar refractivity (Wildman–Crippen MR) is 136 cm³/mol. The summed E-state index contributed by atoms with van der Waals surface area (Å²) in [6.07, 6.45) is 0. The summed E-state index contributed by atoms with van der Waals surface area (Å²) in [5.41, 5.74) is -0.456. The number of benzene rings is 4. The Hall–Kier alpha value is -4.60. The fraction of sp³-hybridized carbons (Fsp3) is 0.0435. The zero-order valence-electron chi connectivity index (χ0n) is 19.3. The molecule has 0 aliphatic rings. The third-order valence-corrected chi connectivity index (χ3v) is 7.64. The van der Waals surface area contributed by atoms with E-state index in [2.05, 4.69) is 15.0 Å². The van der Waals surface area contributed by atoms with E-state index in [1.165, 1.54) is 24.3 Å². The molecule has 196 valence electrons. The van der Waals surface area contributed by atoms with Crippen LogP contribution in [0, 0.1) is 17.0 Å². The second-order valence-corrected chi connectivity index (χ2v) is 11.1. The lowest BCUT2D eigenvalue weighted by Gasteiger charge is -2.12. The number of non-ortho nitro benzene ring substituents is 1. The maximum Gasteiger partial charge on any atom is 0.295 e. The number of nitrogens with one attached hydrogen (secondary N) is 1. The van der Waals surface area contributed by atoms with Crippen molar-refractivity contribution in [1.82, 2.24) is 0 Å². The van der Waals surface area contributed by atoms with Crippen molar-refractivity contribution in [3.8, 4) is 11.5 Å². The summed E-state index contributed by atoms with van der Waals surface area (Å²) < 4.78 is 61.8. The van der Waals surface area contributed by atoms with Crippen LogP contribution in [0.1, 0.15) is 5.56 Å². The number of nitro benzene ring substituents is 1. The number of nitrogens with zero attached hydrogens (tertiary/aromatic N) is 3. The third kappa shape index (κ3) is 5.39. The van der Waals surface area contributed by atoms with Crippen LogP contribution < -0.4 is 4.72 Å². The van der Waals surface area contributed by atoms with Gasteiger partial charge in [0.25, 0.3) is 25.8 Å². The van der Waals surface area contributed by atoms with E-state index in [1.54, 1.807) is 19.1 Å². The van der Waals surface area contributed by atoms with Crippen LogP contribution in [0.25, 0.3) is 10.8 Å². The molecule has 0 spiro atoms. The molecule has 0 unspecified atom stereocenters. The first kappa shape index (κ1) is 26.5. The highest BCUT2D eigenvalue weighted by atomic mass is 32.2. The van der Waals surface area contributed by atoms with E-state index < -0.39 is 52.8 Å². The second-order valence-electron chi connectivity index (χ2n) is 8.03. The van der Waals surface area contributed by atoms with Crippen LogP contribution in [0.4, 0.5) is 22.7 Å². The fourth-order valence-corrected chi connectivity index (χ4v) is 5.23. The van der Waals surface area contributed by atoms with Gasteiger partial charge in [-0.15, -0.1) is 10.2 Å². The Balaban J connectivity index is 1.83. The molecule has 4 rings (SSSR count). The van der Waals surface area contributed by atoms with Gasteiger partial charge in [-0.3, -0.25) is 19.4 Å². The molecule has 0 aromatic heterocycles. The highest BCUT2D eigenvalue weighted by Gasteiger charge is 2.22. The number of nitro groups is 1. The fourth-order valence-electron chi connectivity index (χ4n) is 3.46. The van der Waals surface area contributed by atoms with Crippen LogP contribution in [-0.2, 0) is 20.1 Å². The summed E-state index contributed by atoms with van der Waals surface area (Å²) in [4.78, 5) is 9.56. The van der Waals surface area contributed by atoms with Crippen LogP contribution in [0.2, 0.25) is 0 Å². The van der Waals surface area contributed by atoms with Crippen LogP contribution in [0.5, 0.6) is 11.5 Å². The first-order chi connectivity index (χ1) is 17.8. The van der Waals surface area contributed by atoms with Crippen LogP contribution >= 0.6 is 0 Å². The number of phenolic OH excluding ortho intramolecular Hbond substituents is 2. The van der Waals surface area contributed by atoms with E-state index in [1.807, 2.05) is 0 Å². The molecule has 0 aliphatic heterocycles. The van der Waals surface area contributed by atoms with Gasteiger partial charge in [0.2, 0.25) is 0 Å². The van der Waals surface area contributed by atoms with Crippen molar-refractivity contribution in [2.75, 3.05) is 4.72 Å². The summed E-state index contributed by atoms with van der Waals surface area (Å²) in [5, 5.41) is 38.8. The molecule has 0 radical (unpaired) electrons. The molecule has 4 aromatic carbocycles. The lowest BCUT2D eigenvalue weighted by atomic mass is 10.1. The first-order valence-electron chi connectivity index (χ1n) is 10.5. The number of azo groups is 1. The lowest BCUT2D eigenvalue weighted by molar-refractivity contribution is -0.384. The molecule has 0 saturated heterocycles. The monoisotopic (exact) mass is 558 g/mol. The minimum atomic E-state index is -4.86. The Labute approximate surface area is 215 Å². The smallest absolute Gasteiger partial charge is 0.295 e. The Kier molecular flexibility index (Phi) is 6.75. The molecule has 0 amide bonds. The van der Waals surface area contributed by atoms with Crippen molar-refractivity contribution in [3.05, 3.63) is 82.4 Å². The van der Waals surface area contributed by atoms with Gasteiger partial charge in [-0.1, -0.05) is 23.8 Å². The van der Waals surface area contributed by atoms with Crippen LogP contribution in [0.15, 0.2) is 86.7 Å². The van der Waals surface area contributed by atoms with Crippen molar-refractivity contribution >= 4 is 53.7 Å². The number of hydrogen-bond donors (Lipinski definition) is 4. The lowest BCUT2D eigenvalue weighted by Crippen LogP contribution is -2.12. The molecule has 38 heavy (non-hydrogen) atoms. The topological polar surface area (TPSA) is 209 Å². The van der Waals surface area contributed by atoms with Crippen molar-refractivity contribution < 1.29 is 36.5 Å². The number of sulfonamides is 1. The van der Waals surface area contributed by atoms with Gasteiger partial charge in [0.1, 0.15) is 22.0 Å². The molecule has 0 atom stereocenters. The van der Waals surface area contributed by atoms with E-state index in [4.69, 9.17) is 0 Å². The molecule has 4 N–H and O–H groups in total. The highest BCUT2D eigenvalue weighted by Crippen LogP contribution is 2.42. The third-order valence-electron chi connectivity index (χ3n) is 5.35. The largest absolute Gasteiger partial charge is 0.506 e. The van der Waals surface area contributed by atoms with Gasteiger partial charge >= 0.3 is 0 Å². The number of aryl methyl sites for hydroxylation is 1. The SMILES string of the molecule is Cc1ccc(S(=O)(=O)Nc2ccc3c(S(=O)(=O)O)cc(N=Nc4cc([N+](=O)[O-])ccc4O)c(O)c3c2)cc1. The van der Waals surface area contributed by atoms with Gasteiger partial charge in [-0.2, -0.15) is 8.42 Å². The normalized spacial score (nSPS) is 12.2. The van der Waals surface area contributed by atoms with Crippen LogP contribution in [-0.4, -0.2) is 36.5 Å². The molecule has 15 heteroatoms. The van der Waals surface area contributed by atoms with Gasteiger partial charge in [-0.25, -0.2) is 8.42 Å². The van der Waals surface area contributed by atoms with Crippen molar-refractivity contribution in [3.63, 3.8) is 0 Å². The number of phenols is 2. The molecule has 13 nitrogen and oxygen atoms in total. The minimum absolute atomic E-state index is 0.0367. The van der Waals surface area contributed by atoms with Crippen molar-refractivity contribution in [2.45, 2.75) is 16.7 Å². The number of rotatable bonds is 7. The van der Waals surface area contributed by atoms with E-state index in [-0.39, 0.29) is 27.0 Å². The molecule has 0 saturated carbocycles. The van der Waals surface area contributed by atoms with E-state index >= 15 is 0 Å². The van der Waals surface area contributed by atoms with Gasteiger partial charge in [0, 0.05) is 28.6 Å². The van der Waals surface area contributed by atoms with E-state index in [9.17, 15) is 41.7 Å². The molecule has 0 fully saturated rings. The summed E-state index contributed by atoms with van der Waals surface area (Å²) in [7, 11) is -8.91. The average Bonchev–Trinajstić information content (AvgIpc) is 2.84. The summed E-state index contributed by atoms with van der Waals surface area (Å²) >= 11 is 0. The van der Waals surface area contributed by atoms with E-state index in [0.29, 0.717) is 0 Å². The molecule has 0 bridgehead atoms. The first-order valence-corrected chi connectivity index (χ1v) is 13.4. The highest BCUT2D eigenvalue weighted by molar-refractivity contribution is 7.92. The van der Waals surface area contributed by atoms with Crippen molar-refractivity contribution in [2.24, 2.45) is 10.2 Å². The van der Waals surface area contributed by atoms with Crippen molar-refractivity contribution in [1.29, 1.82) is 0 Å². The Morgan fingerprint density at radius 2 is 1.50 bits per heavy atom. The number of aromatic hydroxyl groups is 2. The number of fused-ring (bicyclic) bond motifs is 1. The predicted octanol–water partition coefficient (Wildman–Crippen LogP) is 4.93. The summed E-state index contributed by atoms with van der Waals surface area (Å²) in [5.74, 6) is -1.13. The Morgan fingerprint density at radius 1 is 0.842 bits per heavy atom. The zero-order valence-corrected chi connectivity index (χ0v) is 20.9.